The Morgan fingerprint density at radius 1 is 1.26 bits per heavy atom. The Labute approximate surface area is 118 Å². The zero-order valence-electron chi connectivity index (χ0n) is 12.6. The van der Waals surface area contributed by atoms with E-state index in [0.717, 1.165) is 45.4 Å². The number of piperidine rings is 1. The van der Waals surface area contributed by atoms with Crippen molar-refractivity contribution in [2.75, 3.05) is 32.8 Å². The number of hydrogen-bond donors (Lipinski definition) is 3. The van der Waals surface area contributed by atoms with Crippen LogP contribution in [0.3, 0.4) is 0 Å². The van der Waals surface area contributed by atoms with Crippen molar-refractivity contribution >= 4 is 0 Å². The second-order valence-electron chi connectivity index (χ2n) is 5.81. The molecular weight excluding hydrogens is 240 g/mol. The number of rotatable bonds is 9. The van der Waals surface area contributed by atoms with Gasteiger partial charge in [-0.05, 0) is 44.7 Å². The summed E-state index contributed by atoms with van der Waals surface area (Å²) in [5.41, 5.74) is 0. The molecule has 0 saturated carbocycles. The van der Waals surface area contributed by atoms with Gasteiger partial charge < -0.3 is 20.4 Å². The molecule has 0 aromatic rings. The third-order valence-corrected chi connectivity index (χ3v) is 4.12. The van der Waals surface area contributed by atoms with Gasteiger partial charge in [-0.25, -0.2) is 0 Å². The van der Waals surface area contributed by atoms with Gasteiger partial charge in [0.25, 0.3) is 0 Å². The number of nitrogens with one attached hydrogen (secondary N) is 1. The number of nitrogens with zero attached hydrogens (tertiary/aromatic N) is 1. The van der Waals surface area contributed by atoms with Crippen molar-refractivity contribution in [3.63, 3.8) is 0 Å². The first kappa shape index (κ1) is 16.9. The normalized spacial score (nSPS) is 26.5. The maximum absolute atomic E-state index is 10.1. The molecule has 1 aliphatic heterocycles. The summed E-state index contributed by atoms with van der Waals surface area (Å²) in [6.07, 6.45) is 5.00. The Morgan fingerprint density at radius 3 is 2.68 bits per heavy atom. The Bertz CT molecular complexity index is 226. The van der Waals surface area contributed by atoms with E-state index in [-0.39, 0.29) is 12.7 Å². The van der Waals surface area contributed by atoms with Crippen LogP contribution in [0.2, 0.25) is 0 Å². The van der Waals surface area contributed by atoms with Crippen LogP contribution in [-0.2, 0) is 0 Å². The molecule has 1 fully saturated rings. The minimum absolute atomic E-state index is 0.174. The predicted molar refractivity (Wildman–Crippen MR) is 79.2 cm³/mol. The molecule has 0 aliphatic carbocycles. The summed E-state index contributed by atoms with van der Waals surface area (Å²) in [6.45, 7) is 8.66. The molecule has 0 aromatic heterocycles. The lowest BCUT2D eigenvalue weighted by Gasteiger charge is -2.40. The van der Waals surface area contributed by atoms with E-state index in [4.69, 9.17) is 5.11 Å². The van der Waals surface area contributed by atoms with Gasteiger partial charge in [-0.2, -0.15) is 0 Å². The molecule has 0 bridgehead atoms. The topological polar surface area (TPSA) is 55.7 Å². The number of aliphatic hydroxyl groups is 2. The second-order valence-corrected chi connectivity index (χ2v) is 5.81. The summed E-state index contributed by atoms with van der Waals surface area (Å²) in [7, 11) is 0. The molecule has 114 valence electrons. The molecule has 1 saturated heterocycles. The molecule has 4 nitrogen and oxygen atoms in total. The average Bonchev–Trinajstić information content (AvgIpc) is 2.44. The first-order valence-corrected chi connectivity index (χ1v) is 7.95. The zero-order chi connectivity index (χ0) is 14.1. The summed E-state index contributed by atoms with van der Waals surface area (Å²) in [5.74, 6) is 0.391. The molecule has 0 aromatic carbocycles. The van der Waals surface area contributed by atoms with E-state index < -0.39 is 0 Å². The van der Waals surface area contributed by atoms with Crippen molar-refractivity contribution in [3.8, 4) is 0 Å². The van der Waals surface area contributed by atoms with Crippen molar-refractivity contribution < 1.29 is 10.2 Å². The lowest BCUT2D eigenvalue weighted by molar-refractivity contribution is 0.0350. The highest BCUT2D eigenvalue weighted by atomic mass is 16.3. The Morgan fingerprint density at radius 2 is 2.05 bits per heavy atom. The Kier molecular flexibility index (Phi) is 8.62. The highest BCUT2D eigenvalue weighted by Crippen LogP contribution is 2.22. The van der Waals surface area contributed by atoms with Gasteiger partial charge in [-0.15, -0.1) is 0 Å². The van der Waals surface area contributed by atoms with Crippen LogP contribution >= 0.6 is 0 Å². The van der Waals surface area contributed by atoms with Gasteiger partial charge in [0.2, 0.25) is 0 Å². The first-order chi connectivity index (χ1) is 9.21. The van der Waals surface area contributed by atoms with Crippen LogP contribution in [0.4, 0.5) is 0 Å². The SMILES string of the molecule is CCCCN1CC(NCCCO)CC(C(O)CC)C1. The predicted octanol–water partition coefficient (Wildman–Crippen LogP) is 1.22. The van der Waals surface area contributed by atoms with Crippen molar-refractivity contribution in [1.29, 1.82) is 0 Å². The van der Waals surface area contributed by atoms with Crippen molar-refractivity contribution in [3.05, 3.63) is 0 Å². The van der Waals surface area contributed by atoms with Crippen LogP contribution in [-0.4, -0.2) is 60.0 Å². The van der Waals surface area contributed by atoms with E-state index in [1.165, 1.54) is 12.8 Å². The lowest BCUT2D eigenvalue weighted by atomic mass is 9.88. The van der Waals surface area contributed by atoms with Gasteiger partial charge in [-0.1, -0.05) is 20.3 Å². The van der Waals surface area contributed by atoms with Crippen LogP contribution in [0.5, 0.6) is 0 Å². The number of aliphatic hydroxyl groups excluding tert-OH is 2. The largest absolute Gasteiger partial charge is 0.396 e. The maximum atomic E-state index is 10.1. The van der Waals surface area contributed by atoms with Crippen LogP contribution in [0.15, 0.2) is 0 Å². The molecule has 1 rings (SSSR count). The van der Waals surface area contributed by atoms with Gasteiger partial charge >= 0.3 is 0 Å². The monoisotopic (exact) mass is 272 g/mol. The molecule has 0 radical (unpaired) electrons. The number of hydrogen-bond acceptors (Lipinski definition) is 4. The van der Waals surface area contributed by atoms with Crippen molar-refractivity contribution in [1.82, 2.24) is 10.2 Å². The van der Waals surface area contributed by atoms with Crippen molar-refractivity contribution in [2.45, 2.75) is 58.1 Å². The van der Waals surface area contributed by atoms with Crippen molar-refractivity contribution in [2.24, 2.45) is 5.92 Å². The van der Waals surface area contributed by atoms with E-state index in [1.54, 1.807) is 0 Å². The molecule has 3 atom stereocenters. The fourth-order valence-electron chi connectivity index (χ4n) is 2.94. The molecule has 4 heteroatoms. The zero-order valence-corrected chi connectivity index (χ0v) is 12.6. The van der Waals surface area contributed by atoms with Gasteiger partial charge in [0.1, 0.15) is 0 Å². The molecule has 1 aliphatic rings. The molecule has 0 amide bonds. The summed E-state index contributed by atoms with van der Waals surface area (Å²) in [6, 6.07) is 0.461. The quantitative estimate of drug-likeness (QED) is 0.553. The van der Waals surface area contributed by atoms with E-state index in [9.17, 15) is 5.11 Å². The van der Waals surface area contributed by atoms with Gasteiger partial charge in [0, 0.05) is 25.7 Å². The maximum Gasteiger partial charge on any atom is 0.0578 e. The summed E-state index contributed by atoms with van der Waals surface area (Å²) in [5, 5.41) is 22.5. The van der Waals surface area contributed by atoms with Gasteiger partial charge in [0.15, 0.2) is 0 Å². The van der Waals surface area contributed by atoms with Crippen LogP contribution in [0, 0.1) is 5.92 Å². The molecule has 19 heavy (non-hydrogen) atoms. The van der Waals surface area contributed by atoms with E-state index in [0.29, 0.717) is 12.0 Å². The average molecular weight is 272 g/mol. The van der Waals surface area contributed by atoms with Crippen LogP contribution < -0.4 is 5.32 Å². The lowest BCUT2D eigenvalue weighted by Crippen LogP contribution is -2.52. The molecular formula is C15H32N2O2. The third kappa shape index (κ3) is 6.21. The summed E-state index contributed by atoms with van der Waals surface area (Å²) >= 11 is 0. The van der Waals surface area contributed by atoms with E-state index in [1.807, 2.05) is 0 Å². The van der Waals surface area contributed by atoms with Gasteiger partial charge in [-0.3, -0.25) is 0 Å². The highest BCUT2D eigenvalue weighted by molar-refractivity contribution is 4.86. The van der Waals surface area contributed by atoms with E-state index >= 15 is 0 Å². The highest BCUT2D eigenvalue weighted by Gasteiger charge is 2.30. The Balaban J connectivity index is 2.45. The van der Waals surface area contributed by atoms with Gasteiger partial charge in [0.05, 0.1) is 6.10 Å². The minimum Gasteiger partial charge on any atom is -0.396 e. The number of likely N-dealkylation sites (tertiary alicyclic amines) is 1. The minimum atomic E-state index is -0.174. The summed E-state index contributed by atoms with van der Waals surface area (Å²) in [4.78, 5) is 2.49. The first-order valence-electron chi connectivity index (χ1n) is 7.95. The second kappa shape index (κ2) is 9.70. The molecule has 3 N–H and O–H groups in total. The fraction of sp³-hybridized carbons (Fsp3) is 1.00. The van der Waals surface area contributed by atoms with Crippen LogP contribution in [0.1, 0.15) is 46.0 Å². The molecule has 3 unspecified atom stereocenters. The summed E-state index contributed by atoms with van der Waals surface area (Å²) < 4.78 is 0. The fourth-order valence-corrected chi connectivity index (χ4v) is 2.94. The number of unbranched alkanes of at least 4 members (excludes halogenated alkanes) is 1. The molecule has 0 spiro atoms. The van der Waals surface area contributed by atoms with Crippen LogP contribution in [0.25, 0.3) is 0 Å². The standard InChI is InChI=1S/C15H32N2O2/c1-3-5-8-17-11-13(15(19)4-2)10-14(12-17)16-7-6-9-18/h13-16,18-19H,3-12H2,1-2H3. The Hall–Kier alpha value is -0.160. The smallest absolute Gasteiger partial charge is 0.0578 e. The molecule has 1 heterocycles. The van der Waals surface area contributed by atoms with E-state index in [2.05, 4.69) is 24.1 Å². The third-order valence-electron chi connectivity index (χ3n) is 4.12.